The van der Waals surface area contributed by atoms with Gasteiger partial charge in [-0.1, -0.05) is 43.5 Å². The van der Waals surface area contributed by atoms with Crippen LogP contribution in [0.25, 0.3) is 22.3 Å². The van der Waals surface area contributed by atoms with Crippen molar-refractivity contribution in [3.63, 3.8) is 0 Å². The SMILES string of the molecule is CN(CC=CC(=O)N1CC[C@@H](n2nc(-c3ccc(Oc4ccccc4)cc3)c3c(N)ncnc32)C1)C1CCCCC1. The fraction of sp³-hybridized carbons (Fsp3) is 0.375. The number of amides is 1. The van der Waals surface area contributed by atoms with E-state index in [0.717, 1.165) is 41.1 Å². The first-order chi connectivity index (χ1) is 20.1. The van der Waals surface area contributed by atoms with E-state index >= 15 is 0 Å². The van der Waals surface area contributed by atoms with Crippen molar-refractivity contribution in [1.82, 2.24) is 29.5 Å². The van der Waals surface area contributed by atoms with Crippen LogP contribution in [0.4, 0.5) is 5.82 Å². The molecule has 0 spiro atoms. The number of ether oxygens (including phenoxy) is 1. The quantitative estimate of drug-likeness (QED) is 0.290. The average molecular weight is 552 g/mol. The molecular formula is C32H37N7O2. The summed E-state index contributed by atoms with van der Waals surface area (Å²) in [5.41, 5.74) is 8.64. The highest BCUT2D eigenvalue weighted by molar-refractivity contribution is 5.98. The van der Waals surface area contributed by atoms with Crippen LogP contribution in [0.2, 0.25) is 0 Å². The first kappa shape index (κ1) is 27.0. The summed E-state index contributed by atoms with van der Waals surface area (Å²) in [4.78, 5) is 26.1. The summed E-state index contributed by atoms with van der Waals surface area (Å²) in [6.07, 6.45) is 12.5. The van der Waals surface area contributed by atoms with Gasteiger partial charge in [0.15, 0.2) is 5.65 Å². The van der Waals surface area contributed by atoms with Crippen molar-refractivity contribution in [3.05, 3.63) is 73.1 Å². The Bertz CT molecular complexity index is 1510. The molecule has 1 atom stereocenters. The van der Waals surface area contributed by atoms with Gasteiger partial charge < -0.3 is 15.4 Å². The predicted octanol–water partition coefficient (Wildman–Crippen LogP) is 5.46. The third kappa shape index (κ3) is 5.95. The number of nitrogen functional groups attached to an aromatic ring is 1. The van der Waals surface area contributed by atoms with Crippen LogP contribution in [-0.2, 0) is 4.79 Å². The molecule has 0 radical (unpaired) electrons. The monoisotopic (exact) mass is 551 g/mol. The lowest BCUT2D eigenvalue weighted by atomic mass is 9.94. The molecule has 2 N–H and O–H groups in total. The molecule has 1 saturated carbocycles. The molecule has 9 heteroatoms. The number of carbonyl (C=O) groups excluding carboxylic acids is 1. The molecule has 41 heavy (non-hydrogen) atoms. The number of hydrogen-bond donors (Lipinski definition) is 1. The Balaban J connectivity index is 1.16. The second-order valence-corrected chi connectivity index (χ2v) is 11.1. The van der Waals surface area contributed by atoms with E-state index in [1.807, 2.05) is 70.3 Å². The minimum absolute atomic E-state index is 0.00324. The number of aromatic nitrogens is 4. The van der Waals surface area contributed by atoms with Crippen LogP contribution in [0.5, 0.6) is 11.5 Å². The van der Waals surface area contributed by atoms with Gasteiger partial charge in [-0.05, 0) is 62.7 Å². The number of likely N-dealkylation sites (N-methyl/N-ethyl adjacent to an activating group) is 1. The number of para-hydroxylation sites is 1. The maximum absolute atomic E-state index is 13.0. The number of fused-ring (bicyclic) bond motifs is 1. The highest BCUT2D eigenvalue weighted by Crippen LogP contribution is 2.35. The number of carbonyl (C=O) groups is 1. The Morgan fingerprint density at radius 3 is 2.56 bits per heavy atom. The molecule has 2 aromatic carbocycles. The summed E-state index contributed by atoms with van der Waals surface area (Å²) in [5.74, 6) is 1.94. The van der Waals surface area contributed by atoms with E-state index in [1.54, 1.807) is 6.08 Å². The Labute approximate surface area is 240 Å². The fourth-order valence-electron chi connectivity index (χ4n) is 6.00. The topological polar surface area (TPSA) is 102 Å². The number of likely N-dealkylation sites (tertiary alicyclic amines) is 1. The number of nitrogens with two attached hydrogens (primary N) is 1. The van der Waals surface area contributed by atoms with E-state index in [4.69, 9.17) is 15.6 Å². The largest absolute Gasteiger partial charge is 0.457 e. The van der Waals surface area contributed by atoms with Crippen molar-refractivity contribution >= 4 is 22.8 Å². The minimum Gasteiger partial charge on any atom is -0.457 e. The molecular weight excluding hydrogens is 514 g/mol. The van der Waals surface area contributed by atoms with Gasteiger partial charge in [0.25, 0.3) is 0 Å². The van der Waals surface area contributed by atoms with E-state index in [9.17, 15) is 4.79 Å². The molecule has 6 rings (SSSR count). The maximum atomic E-state index is 13.0. The summed E-state index contributed by atoms with van der Waals surface area (Å²) < 4.78 is 7.87. The zero-order chi connectivity index (χ0) is 28.2. The molecule has 1 aliphatic heterocycles. The zero-order valence-electron chi connectivity index (χ0n) is 23.5. The number of hydrogen-bond acceptors (Lipinski definition) is 7. The van der Waals surface area contributed by atoms with Crippen molar-refractivity contribution in [2.24, 2.45) is 0 Å². The molecule has 2 aromatic heterocycles. The predicted molar refractivity (Wildman–Crippen MR) is 161 cm³/mol. The molecule has 2 fully saturated rings. The zero-order valence-corrected chi connectivity index (χ0v) is 23.5. The molecule has 9 nitrogen and oxygen atoms in total. The molecule has 0 bridgehead atoms. The molecule has 212 valence electrons. The standard InChI is InChI=1S/C32H37N7O2/c1-37(24-9-4-2-5-10-24)19-8-13-28(40)38-20-18-25(21-38)39-32-29(31(33)34-22-35-32)30(36-39)23-14-16-27(17-15-23)41-26-11-6-3-7-12-26/h3,6-8,11-17,22,24-25H,2,4-5,9-10,18-21H2,1H3,(H2,33,34,35)/t25-/m1/s1. The third-order valence-corrected chi connectivity index (χ3v) is 8.30. The number of benzene rings is 2. The lowest BCUT2D eigenvalue weighted by Crippen LogP contribution is -2.33. The van der Waals surface area contributed by atoms with Gasteiger partial charge in [0.1, 0.15) is 29.3 Å². The van der Waals surface area contributed by atoms with Gasteiger partial charge in [0.2, 0.25) is 5.91 Å². The summed E-state index contributed by atoms with van der Waals surface area (Å²) in [6.45, 7) is 2.05. The minimum atomic E-state index is 0.00324. The van der Waals surface area contributed by atoms with Gasteiger partial charge in [-0.15, -0.1) is 0 Å². The van der Waals surface area contributed by atoms with Gasteiger partial charge in [-0.25, -0.2) is 14.6 Å². The van der Waals surface area contributed by atoms with Crippen molar-refractivity contribution in [1.29, 1.82) is 0 Å². The van der Waals surface area contributed by atoms with Crippen LogP contribution in [-0.4, -0.2) is 68.2 Å². The molecule has 1 aliphatic carbocycles. The Morgan fingerprint density at radius 1 is 1.02 bits per heavy atom. The number of anilines is 1. The van der Waals surface area contributed by atoms with Gasteiger partial charge in [-0.2, -0.15) is 5.10 Å². The molecule has 1 amide bonds. The van der Waals surface area contributed by atoms with E-state index in [2.05, 4.69) is 21.9 Å². The Kier molecular flexibility index (Phi) is 7.95. The van der Waals surface area contributed by atoms with Gasteiger partial charge in [0, 0.05) is 37.3 Å². The smallest absolute Gasteiger partial charge is 0.246 e. The lowest BCUT2D eigenvalue weighted by molar-refractivity contribution is -0.125. The van der Waals surface area contributed by atoms with E-state index in [1.165, 1.54) is 38.4 Å². The second-order valence-electron chi connectivity index (χ2n) is 11.1. The average Bonchev–Trinajstić information content (AvgIpc) is 3.65. The van der Waals surface area contributed by atoms with E-state index < -0.39 is 0 Å². The molecule has 4 aromatic rings. The van der Waals surface area contributed by atoms with Crippen LogP contribution in [0.15, 0.2) is 73.1 Å². The maximum Gasteiger partial charge on any atom is 0.246 e. The van der Waals surface area contributed by atoms with Gasteiger partial charge in [-0.3, -0.25) is 9.69 Å². The van der Waals surface area contributed by atoms with Crippen LogP contribution in [0, 0.1) is 0 Å². The number of nitrogens with zero attached hydrogens (tertiary/aromatic N) is 6. The van der Waals surface area contributed by atoms with Gasteiger partial charge in [0.05, 0.1) is 11.4 Å². The van der Waals surface area contributed by atoms with Crippen LogP contribution in [0.1, 0.15) is 44.6 Å². The Hall–Kier alpha value is -4.24. The van der Waals surface area contributed by atoms with Crippen molar-refractivity contribution in [2.45, 2.75) is 50.6 Å². The lowest BCUT2D eigenvalue weighted by Gasteiger charge is -2.30. The van der Waals surface area contributed by atoms with Crippen molar-refractivity contribution in [2.75, 3.05) is 32.4 Å². The first-order valence-electron chi connectivity index (χ1n) is 14.5. The first-order valence-corrected chi connectivity index (χ1v) is 14.5. The molecule has 3 heterocycles. The molecule has 2 aliphatic rings. The van der Waals surface area contributed by atoms with Crippen molar-refractivity contribution < 1.29 is 9.53 Å². The van der Waals surface area contributed by atoms with Gasteiger partial charge >= 0.3 is 0 Å². The summed E-state index contributed by atoms with van der Waals surface area (Å²) in [5, 5.41) is 5.70. The van der Waals surface area contributed by atoms with Crippen LogP contribution < -0.4 is 10.5 Å². The normalized spacial score (nSPS) is 18.1. The molecule has 1 saturated heterocycles. The summed E-state index contributed by atoms with van der Waals surface area (Å²) >= 11 is 0. The van der Waals surface area contributed by atoms with Crippen LogP contribution in [0.3, 0.4) is 0 Å². The molecule has 0 unspecified atom stereocenters. The summed E-state index contributed by atoms with van der Waals surface area (Å²) in [7, 11) is 2.16. The van der Waals surface area contributed by atoms with E-state index in [0.29, 0.717) is 30.6 Å². The van der Waals surface area contributed by atoms with Crippen LogP contribution >= 0.6 is 0 Å². The Morgan fingerprint density at radius 2 is 1.78 bits per heavy atom. The second kappa shape index (κ2) is 12.1. The fourth-order valence-corrected chi connectivity index (χ4v) is 6.00. The third-order valence-electron chi connectivity index (χ3n) is 8.30. The summed E-state index contributed by atoms with van der Waals surface area (Å²) in [6, 6.07) is 18.1. The highest BCUT2D eigenvalue weighted by atomic mass is 16.5. The number of rotatable bonds is 8. The van der Waals surface area contributed by atoms with Crippen molar-refractivity contribution in [3.8, 4) is 22.8 Å². The highest BCUT2D eigenvalue weighted by Gasteiger charge is 2.30. The van der Waals surface area contributed by atoms with E-state index in [-0.39, 0.29) is 11.9 Å².